The van der Waals surface area contributed by atoms with Gasteiger partial charge < -0.3 is 19.7 Å². The minimum atomic E-state index is -1.21. The Labute approximate surface area is 143 Å². The molecule has 1 atom stereocenters. The van der Waals surface area contributed by atoms with Crippen LogP contribution in [0.3, 0.4) is 0 Å². The van der Waals surface area contributed by atoms with Crippen molar-refractivity contribution < 1.29 is 19.1 Å². The van der Waals surface area contributed by atoms with Gasteiger partial charge in [0.15, 0.2) is 0 Å². The van der Waals surface area contributed by atoms with Gasteiger partial charge in [0.05, 0.1) is 6.54 Å². The fourth-order valence-corrected chi connectivity index (χ4v) is 3.04. The molecule has 0 spiro atoms. The molecular formula is C18H28N2O4. The minimum absolute atomic E-state index is 0.0625. The van der Waals surface area contributed by atoms with Gasteiger partial charge >= 0.3 is 0 Å². The molecule has 0 saturated carbocycles. The Balaban J connectivity index is 1.69. The molecular weight excluding hydrogens is 308 g/mol. The lowest BCUT2D eigenvalue weighted by molar-refractivity contribution is -0.130. The second kappa shape index (κ2) is 7.83. The van der Waals surface area contributed by atoms with Crippen LogP contribution in [0.25, 0.3) is 0 Å². The highest BCUT2D eigenvalue weighted by Crippen LogP contribution is 2.23. The summed E-state index contributed by atoms with van der Waals surface area (Å²) in [5, 5.41) is 13.2. The van der Waals surface area contributed by atoms with Crippen molar-refractivity contribution in [3.63, 3.8) is 0 Å². The van der Waals surface area contributed by atoms with Crippen molar-refractivity contribution in [3.8, 4) is 0 Å². The molecule has 1 fully saturated rings. The summed E-state index contributed by atoms with van der Waals surface area (Å²) in [7, 11) is 0. The van der Waals surface area contributed by atoms with E-state index in [0.29, 0.717) is 18.1 Å². The Morgan fingerprint density at radius 2 is 2.04 bits per heavy atom. The van der Waals surface area contributed by atoms with Crippen LogP contribution in [0.15, 0.2) is 16.5 Å². The Morgan fingerprint density at radius 3 is 2.58 bits per heavy atom. The Morgan fingerprint density at radius 1 is 1.38 bits per heavy atom. The van der Waals surface area contributed by atoms with Crippen molar-refractivity contribution in [2.45, 2.75) is 52.1 Å². The maximum Gasteiger partial charge on any atom is 0.220 e. The fraction of sp³-hybridized carbons (Fsp3) is 0.667. The molecule has 1 aromatic rings. The Hall–Kier alpha value is -1.82. The van der Waals surface area contributed by atoms with E-state index in [-0.39, 0.29) is 18.4 Å². The molecule has 6 heteroatoms. The predicted octanol–water partition coefficient (Wildman–Crippen LogP) is 1.95. The highest BCUT2D eigenvalue weighted by Gasteiger charge is 2.27. The molecule has 2 rings (SSSR count). The van der Waals surface area contributed by atoms with Gasteiger partial charge in [0.1, 0.15) is 17.1 Å². The number of hydrogen-bond acceptors (Lipinski definition) is 4. The maximum absolute atomic E-state index is 12.0. The average molecular weight is 336 g/mol. The quantitative estimate of drug-likeness (QED) is 0.832. The highest BCUT2D eigenvalue weighted by molar-refractivity contribution is 5.76. The molecule has 1 unspecified atom stereocenters. The van der Waals surface area contributed by atoms with Crippen molar-refractivity contribution in [3.05, 3.63) is 23.7 Å². The predicted molar refractivity (Wildman–Crippen MR) is 90.2 cm³/mol. The number of hydrogen-bond donors (Lipinski definition) is 2. The van der Waals surface area contributed by atoms with Crippen LogP contribution in [0, 0.1) is 12.8 Å². The number of likely N-dealkylation sites (tertiary alicyclic amines) is 1. The van der Waals surface area contributed by atoms with E-state index in [1.54, 1.807) is 26.0 Å². The number of nitrogens with one attached hydrogen (secondary N) is 1. The highest BCUT2D eigenvalue weighted by atomic mass is 16.4. The molecule has 134 valence electrons. The summed E-state index contributed by atoms with van der Waals surface area (Å²) < 4.78 is 5.43. The number of piperidine rings is 1. The van der Waals surface area contributed by atoms with E-state index in [1.165, 1.54) is 0 Å². The number of carbonyl (C=O) groups excluding carboxylic acids is 2. The zero-order valence-corrected chi connectivity index (χ0v) is 14.8. The molecule has 1 aliphatic rings. The summed E-state index contributed by atoms with van der Waals surface area (Å²) in [5.74, 6) is 1.74. The zero-order valence-electron chi connectivity index (χ0n) is 14.8. The summed E-state index contributed by atoms with van der Waals surface area (Å²) in [6, 6.07) is 3.52. The van der Waals surface area contributed by atoms with Crippen LogP contribution < -0.4 is 5.32 Å². The Kier molecular flexibility index (Phi) is 6.04. The second-order valence-electron chi connectivity index (χ2n) is 6.95. The van der Waals surface area contributed by atoms with Gasteiger partial charge in [-0.05, 0) is 51.2 Å². The van der Waals surface area contributed by atoms with E-state index in [1.807, 2.05) is 11.8 Å². The topological polar surface area (TPSA) is 82.8 Å². The third kappa shape index (κ3) is 5.09. The number of aliphatic hydroxyl groups is 1. The van der Waals surface area contributed by atoms with Gasteiger partial charge in [-0.2, -0.15) is 0 Å². The average Bonchev–Trinajstić information content (AvgIpc) is 2.99. The van der Waals surface area contributed by atoms with Crippen molar-refractivity contribution in [1.29, 1.82) is 0 Å². The third-order valence-corrected chi connectivity index (χ3v) is 4.74. The summed E-state index contributed by atoms with van der Waals surface area (Å²) >= 11 is 0. The molecule has 0 radical (unpaired) electrons. The molecule has 0 aliphatic carbocycles. The van der Waals surface area contributed by atoms with Crippen molar-refractivity contribution >= 4 is 11.8 Å². The Bertz CT molecular complexity index is 571. The first-order chi connectivity index (χ1) is 11.3. The van der Waals surface area contributed by atoms with Crippen LogP contribution in [-0.4, -0.2) is 41.5 Å². The number of amides is 2. The van der Waals surface area contributed by atoms with Crippen LogP contribution in [-0.2, 0) is 15.2 Å². The van der Waals surface area contributed by atoms with E-state index in [0.717, 1.165) is 38.1 Å². The lowest BCUT2D eigenvalue weighted by Gasteiger charge is -2.31. The minimum Gasteiger partial charge on any atom is -0.463 e. The summed E-state index contributed by atoms with van der Waals surface area (Å²) in [4.78, 5) is 25.2. The first-order valence-corrected chi connectivity index (χ1v) is 8.59. The largest absolute Gasteiger partial charge is 0.463 e. The van der Waals surface area contributed by atoms with Crippen LogP contribution >= 0.6 is 0 Å². The third-order valence-electron chi connectivity index (χ3n) is 4.74. The van der Waals surface area contributed by atoms with E-state index < -0.39 is 5.60 Å². The van der Waals surface area contributed by atoms with E-state index in [2.05, 4.69) is 5.32 Å². The number of nitrogens with zero attached hydrogens (tertiary/aromatic N) is 1. The van der Waals surface area contributed by atoms with E-state index in [9.17, 15) is 14.7 Å². The molecule has 1 saturated heterocycles. The van der Waals surface area contributed by atoms with Gasteiger partial charge in [-0.1, -0.05) is 0 Å². The lowest BCUT2D eigenvalue weighted by atomic mass is 9.92. The molecule has 6 nitrogen and oxygen atoms in total. The van der Waals surface area contributed by atoms with Crippen molar-refractivity contribution in [2.75, 3.05) is 19.6 Å². The van der Waals surface area contributed by atoms with Crippen LogP contribution in [0.1, 0.15) is 51.1 Å². The lowest BCUT2D eigenvalue weighted by Crippen LogP contribution is -2.39. The van der Waals surface area contributed by atoms with Gasteiger partial charge in [0, 0.05) is 26.4 Å². The van der Waals surface area contributed by atoms with E-state index >= 15 is 0 Å². The molecule has 0 bridgehead atoms. The molecule has 0 aromatic carbocycles. The zero-order chi connectivity index (χ0) is 17.7. The molecule has 1 aromatic heterocycles. The van der Waals surface area contributed by atoms with Crippen molar-refractivity contribution in [2.24, 2.45) is 5.92 Å². The molecule has 24 heavy (non-hydrogen) atoms. The number of carbonyl (C=O) groups is 2. The summed E-state index contributed by atoms with van der Waals surface area (Å²) in [6.07, 6.45) is 3.17. The van der Waals surface area contributed by atoms with Gasteiger partial charge in [-0.3, -0.25) is 9.59 Å². The van der Waals surface area contributed by atoms with Crippen LogP contribution in [0.2, 0.25) is 0 Å². The molecule has 2 amide bonds. The maximum atomic E-state index is 12.0. The van der Waals surface area contributed by atoms with E-state index in [4.69, 9.17) is 4.42 Å². The van der Waals surface area contributed by atoms with Gasteiger partial charge in [-0.25, -0.2) is 0 Å². The van der Waals surface area contributed by atoms with Gasteiger partial charge in [0.2, 0.25) is 11.8 Å². The smallest absolute Gasteiger partial charge is 0.220 e. The van der Waals surface area contributed by atoms with Gasteiger partial charge in [0.25, 0.3) is 0 Å². The van der Waals surface area contributed by atoms with Gasteiger partial charge in [-0.15, -0.1) is 0 Å². The first kappa shape index (κ1) is 18.5. The molecule has 1 aliphatic heterocycles. The van der Waals surface area contributed by atoms with Crippen molar-refractivity contribution in [1.82, 2.24) is 10.2 Å². The normalized spacial score (nSPS) is 18.2. The molecule has 2 heterocycles. The summed E-state index contributed by atoms with van der Waals surface area (Å²) in [5.41, 5.74) is -1.21. The number of aryl methyl sites for hydroxylation is 1. The number of rotatable bonds is 6. The van der Waals surface area contributed by atoms with Crippen LogP contribution in [0.4, 0.5) is 0 Å². The van der Waals surface area contributed by atoms with Crippen LogP contribution in [0.5, 0.6) is 0 Å². The first-order valence-electron chi connectivity index (χ1n) is 8.59. The fourth-order valence-electron chi connectivity index (χ4n) is 3.04. The molecule has 2 N–H and O–H groups in total. The monoisotopic (exact) mass is 336 g/mol. The SMILES string of the molecule is CC(=O)N1CCC(CCC(=O)NCC(C)(O)c2ccc(C)o2)CC1. The number of furan rings is 1. The standard InChI is InChI=1S/C18H28N2O4/c1-13-4-6-16(24-13)18(3,23)12-19-17(22)7-5-15-8-10-20(11-9-15)14(2)21/h4,6,15,23H,5,7-12H2,1-3H3,(H,19,22). The second-order valence-corrected chi connectivity index (χ2v) is 6.95. The summed E-state index contributed by atoms with van der Waals surface area (Å²) in [6.45, 7) is 6.74.